The Labute approximate surface area is 107 Å². The molecule has 3 rings (SSSR count). The lowest BCUT2D eigenvalue weighted by molar-refractivity contribution is 0.173. The van der Waals surface area contributed by atoms with Gasteiger partial charge in [-0.1, -0.05) is 24.3 Å². The van der Waals surface area contributed by atoms with Crippen molar-refractivity contribution < 1.29 is 5.11 Å². The van der Waals surface area contributed by atoms with Crippen molar-refractivity contribution >= 4 is 0 Å². The van der Waals surface area contributed by atoms with E-state index in [0.29, 0.717) is 6.42 Å². The van der Waals surface area contributed by atoms with Gasteiger partial charge in [0.15, 0.2) is 0 Å². The van der Waals surface area contributed by atoms with Gasteiger partial charge in [0.1, 0.15) is 0 Å². The third kappa shape index (κ3) is 2.29. The summed E-state index contributed by atoms with van der Waals surface area (Å²) < 4.78 is 0. The van der Waals surface area contributed by atoms with Crippen molar-refractivity contribution in [3.8, 4) is 0 Å². The monoisotopic (exact) mass is 239 g/mol. The minimum absolute atomic E-state index is 0.509. The zero-order valence-electron chi connectivity index (χ0n) is 10.3. The first-order valence-electron chi connectivity index (χ1n) is 6.52. The lowest BCUT2D eigenvalue weighted by Gasteiger charge is -2.11. The predicted molar refractivity (Wildman–Crippen MR) is 71.4 cm³/mol. The van der Waals surface area contributed by atoms with Crippen LogP contribution in [0.2, 0.25) is 0 Å². The van der Waals surface area contributed by atoms with E-state index in [2.05, 4.69) is 23.2 Å². The second kappa shape index (κ2) is 4.91. The van der Waals surface area contributed by atoms with Gasteiger partial charge in [0.2, 0.25) is 0 Å². The molecule has 0 saturated heterocycles. The number of nitrogens with zero attached hydrogens (tertiary/aromatic N) is 1. The molecular formula is C16H17NO. The number of aliphatic hydroxyl groups is 1. The highest BCUT2D eigenvalue weighted by atomic mass is 16.3. The summed E-state index contributed by atoms with van der Waals surface area (Å²) >= 11 is 0. The summed E-state index contributed by atoms with van der Waals surface area (Å²) in [6.07, 6.45) is 5.51. The first-order valence-corrected chi connectivity index (χ1v) is 6.52. The first kappa shape index (κ1) is 11.4. The molecule has 0 aliphatic heterocycles. The Bertz CT molecular complexity index is 536. The Morgan fingerprint density at radius 1 is 1.11 bits per heavy atom. The Morgan fingerprint density at radius 3 is 2.83 bits per heavy atom. The van der Waals surface area contributed by atoms with Crippen LogP contribution in [0.25, 0.3) is 0 Å². The quantitative estimate of drug-likeness (QED) is 0.893. The molecule has 2 aromatic rings. The van der Waals surface area contributed by atoms with E-state index in [1.54, 1.807) is 6.20 Å². The molecule has 1 heterocycles. The number of benzene rings is 1. The van der Waals surface area contributed by atoms with Crippen LogP contribution in [0, 0.1) is 0 Å². The molecule has 0 saturated carbocycles. The molecule has 0 amide bonds. The Kier molecular flexibility index (Phi) is 3.11. The van der Waals surface area contributed by atoms with Crippen LogP contribution in [0.5, 0.6) is 0 Å². The number of hydrogen-bond acceptors (Lipinski definition) is 2. The molecule has 1 unspecified atom stereocenters. The fourth-order valence-corrected chi connectivity index (χ4v) is 2.65. The van der Waals surface area contributed by atoms with Crippen LogP contribution >= 0.6 is 0 Å². The predicted octanol–water partition coefficient (Wildman–Crippen LogP) is 2.85. The van der Waals surface area contributed by atoms with Gasteiger partial charge in [-0.3, -0.25) is 4.98 Å². The van der Waals surface area contributed by atoms with E-state index in [0.717, 1.165) is 5.69 Å². The largest absolute Gasteiger partial charge is 0.386 e. The van der Waals surface area contributed by atoms with Crippen LogP contribution in [0.1, 0.15) is 34.9 Å². The van der Waals surface area contributed by atoms with E-state index in [1.807, 2.05) is 18.2 Å². The minimum atomic E-state index is -0.509. The normalized spacial score (nSPS) is 15.4. The van der Waals surface area contributed by atoms with Crippen molar-refractivity contribution in [2.45, 2.75) is 31.8 Å². The van der Waals surface area contributed by atoms with Crippen LogP contribution < -0.4 is 0 Å². The Morgan fingerprint density at radius 2 is 2.00 bits per heavy atom. The molecular weight excluding hydrogens is 222 g/mol. The molecule has 0 radical (unpaired) electrons. The fourth-order valence-electron chi connectivity index (χ4n) is 2.65. The standard InChI is InChI=1S/C16H17NO/c18-16(15-6-1-2-9-17-15)11-12-7-8-13-4-3-5-14(13)10-12/h1-2,6-10,16,18H,3-5,11H2. The van der Waals surface area contributed by atoms with Crippen LogP contribution in [-0.4, -0.2) is 10.1 Å². The van der Waals surface area contributed by atoms with Gasteiger partial charge in [-0.2, -0.15) is 0 Å². The second-order valence-corrected chi connectivity index (χ2v) is 4.93. The summed E-state index contributed by atoms with van der Waals surface area (Å²) in [5, 5.41) is 10.2. The SMILES string of the molecule is OC(Cc1ccc2c(c1)CCC2)c1ccccn1. The van der Waals surface area contributed by atoms with Crippen molar-refractivity contribution in [1.29, 1.82) is 0 Å². The Balaban J connectivity index is 1.77. The number of aliphatic hydroxyl groups excluding tert-OH is 1. The number of aryl methyl sites for hydroxylation is 2. The van der Waals surface area contributed by atoms with Crippen molar-refractivity contribution in [2.24, 2.45) is 0 Å². The summed E-state index contributed by atoms with van der Waals surface area (Å²) in [4.78, 5) is 4.20. The maximum absolute atomic E-state index is 10.2. The number of pyridine rings is 1. The smallest absolute Gasteiger partial charge is 0.0999 e. The van der Waals surface area contributed by atoms with E-state index in [4.69, 9.17) is 0 Å². The van der Waals surface area contributed by atoms with Gasteiger partial charge in [0.05, 0.1) is 11.8 Å². The molecule has 18 heavy (non-hydrogen) atoms. The van der Waals surface area contributed by atoms with Crippen LogP contribution in [0.15, 0.2) is 42.6 Å². The maximum Gasteiger partial charge on any atom is 0.0999 e. The summed E-state index contributed by atoms with van der Waals surface area (Å²) in [6, 6.07) is 12.2. The number of hydrogen-bond donors (Lipinski definition) is 1. The molecule has 2 nitrogen and oxygen atoms in total. The fraction of sp³-hybridized carbons (Fsp3) is 0.312. The van der Waals surface area contributed by atoms with Gasteiger partial charge in [-0.25, -0.2) is 0 Å². The average Bonchev–Trinajstić information content (AvgIpc) is 2.87. The molecule has 1 aliphatic carbocycles. The Hall–Kier alpha value is -1.67. The maximum atomic E-state index is 10.2. The third-order valence-corrected chi connectivity index (χ3v) is 3.62. The van der Waals surface area contributed by atoms with Gasteiger partial charge in [-0.15, -0.1) is 0 Å². The van der Waals surface area contributed by atoms with Crippen molar-refractivity contribution in [3.05, 3.63) is 65.0 Å². The molecule has 1 atom stereocenters. The van der Waals surface area contributed by atoms with E-state index < -0.39 is 6.10 Å². The average molecular weight is 239 g/mol. The second-order valence-electron chi connectivity index (χ2n) is 4.93. The van der Waals surface area contributed by atoms with E-state index >= 15 is 0 Å². The molecule has 2 heteroatoms. The highest BCUT2D eigenvalue weighted by Crippen LogP contribution is 2.25. The topological polar surface area (TPSA) is 33.1 Å². The van der Waals surface area contributed by atoms with Gasteiger partial charge in [-0.05, 0) is 48.1 Å². The molecule has 0 spiro atoms. The summed E-state index contributed by atoms with van der Waals surface area (Å²) in [6.45, 7) is 0. The molecule has 1 aromatic heterocycles. The van der Waals surface area contributed by atoms with E-state index in [-0.39, 0.29) is 0 Å². The lowest BCUT2D eigenvalue weighted by Crippen LogP contribution is -2.04. The molecule has 92 valence electrons. The molecule has 1 aliphatic rings. The number of aromatic nitrogens is 1. The summed E-state index contributed by atoms with van der Waals surface area (Å²) in [5.41, 5.74) is 4.89. The van der Waals surface area contributed by atoms with Gasteiger partial charge in [0, 0.05) is 12.6 Å². The van der Waals surface area contributed by atoms with E-state index in [9.17, 15) is 5.11 Å². The summed E-state index contributed by atoms with van der Waals surface area (Å²) in [5.74, 6) is 0. The lowest BCUT2D eigenvalue weighted by atomic mass is 10.0. The van der Waals surface area contributed by atoms with Crippen molar-refractivity contribution in [3.63, 3.8) is 0 Å². The van der Waals surface area contributed by atoms with Gasteiger partial charge < -0.3 is 5.11 Å². The molecule has 0 bridgehead atoms. The highest BCUT2D eigenvalue weighted by Gasteiger charge is 2.13. The number of fused-ring (bicyclic) bond motifs is 1. The summed E-state index contributed by atoms with van der Waals surface area (Å²) in [7, 11) is 0. The van der Waals surface area contributed by atoms with Crippen LogP contribution in [-0.2, 0) is 19.3 Å². The van der Waals surface area contributed by atoms with Crippen molar-refractivity contribution in [2.75, 3.05) is 0 Å². The van der Waals surface area contributed by atoms with Gasteiger partial charge >= 0.3 is 0 Å². The van der Waals surface area contributed by atoms with Gasteiger partial charge in [0.25, 0.3) is 0 Å². The molecule has 1 aromatic carbocycles. The van der Waals surface area contributed by atoms with E-state index in [1.165, 1.54) is 36.0 Å². The third-order valence-electron chi connectivity index (χ3n) is 3.62. The van der Waals surface area contributed by atoms with Crippen molar-refractivity contribution in [1.82, 2.24) is 4.98 Å². The minimum Gasteiger partial charge on any atom is -0.386 e. The van der Waals surface area contributed by atoms with Crippen LogP contribution in [0.3, 0.4) is 0 Å². The zero-order valence-corrected chi connectivity index (χ0v) is 10.3. The highest BCUT2D eigenvalue weighted by molar-refractivity contribution is 5.35. The zero-order chi connectivity index (χ0) is 12.4. The molecule has 0 fully saturated rings. The number of rotatable bonds is 3. The molecule has 1 N–H and O–H groups in total. The first-order chi connectivity index (χ1) is 8.83. The van der Waals surface area contributed by atoms with Crippen LogP contribution in [0.4, 0.5) is 0 Å².